The number of rotatable bonds is 10. The smallest absolute Gasteiger partial charge is 0.279 e. The molecule has 0 aromatic rings. The largest absolute Gasteiger partial charge is 0.396 e. The highest BCUT2D eigenvalue weighted by molar-refractivity contribution is 7.87. The van der Waals surface area contributed by atoms with Crippen molar-refractivity contribution < 1.29 is 13.5 Å². The van der Waals surface area contributed by atoms with E-state index in [4.69, 9.17) is 5.11 Å². The second kappa shape index (κ2) is 8.92. The Labute approximate surface area is 99.0 Å². The van der Waals surface area contributed by atoms with Crippen molar-refractivity contribution in [2.75, 3.05) is 26.2 Å². The lowest BCUT2D eigenvalue weighted by molar-refractivity contribution is 0.284. The van der Waals surface area contributed by atoms with Gasteiger partial charge in [0.1, 0.15) is 0 Å². The van der Waals surface area contributed by atoms with Gasteiger partial charge in [-0.3, -0.25) is 0 Å². The molecular formula is C10H24N2O3S. The van der Waals surface area contributed by atoms with Crippen LogP contribution in [0.1, 0.15) is 39.5 Å². The van der Waals surface area contributed by atoms with Crippen LogP contribution in [0.15, 0.2) is 0 Å². The molecule has 0 heterocycles. The van der Waals surface area contributed by atoms with Crippen molar-refractivity contribution >= 4 is 10.2 Å². The third kappa shape index (κ3) is 6.42. The van der Waals surface area contributed by atoms with Crippen LogP contribution in [-0.2, 0) is 10.2 Å². The second-order valence-corrected chi connectivity index (χ2v) is 5.48. The molecule has 0 fully saturated rings. The molecule has 2 N–H and O–H groups in total. The van der Waals surface area contributed by atoms with Gasteiger partial charge in [0.2, 0.25) is 0 Å². The minimum absolute atomic E-state index is 0.107. The molecule has 0 atom stereocenters. The summed E-state index contributed by atoms with van der Waals surface area (Å²) in [5.74, 6) is 0. The Kier molecular flexibility index (Phi) is 8.83. The summed E-state index contributed by atoms with van der Waals surface area (Å²) in [6.07, 6.45) is 2.93. The highest BCUT2D eigenvalue weighted by Crippen LogP contribution is 2.01. The van der Waals surface area contributed by atoms with Crippen molar-refractivity contribution in [1.82, 2.24) is 9.03 Å². The van der Waals surface area contributed by atoms with Gasteiger partial charge in [0, 0.05) is 26.2 Å². The molecule has 0 aliphatic carbocycles. The number of aliphatic hydroxyl groups excluding tert-OH is 1. The summed E-state index contributed by atoms with van der Waals surface area (Å²) in [7, 11) is -3.33. The molecule has 98 valence electrons. The molecule has 0 saturated heterocycles. The van der Waals surface area contributed by atoms with Crippen LogP contribution in [0.25, 0.3) is 0 Å². The Morgan fingerprint density at radius 3 is 2.12 bits per heavy atom. The van der Waals surface area contributed by atoms with Crippen molar-refractivity contribution in [3.8, 4) is 0 Å². The Hall–Kier alpha value is -0.170. The Bertz CT molecular complexity index is 249. The van der Waals surface area contributed by atoms with Gasteiger partial charge in [0.15, 0.2) is 0 Å². The highest BCUT2D eigenvalue weighted by atomic mass is 32.2. The highest BCUT2D eigenvalue weighted by Gasteiger charge is 2.18. The number of aliphatic hydroxyl groups is 1. The summed E-state index contributed by atoms with van der Waals surface area (Å²) in [6.45, 7) is 5.54. The molecule has 0 aliphatic rings. The van der Waals surface area contributed by atoms with Crippen molar-refractivity contribution in [2.24, 2.45) is 0 Å². The molecule has 0 radical (unpaired) electrons. The third-order valence-corrected chi connectivity index (χ3v) is 3.77. The van der Waals surface area contributed by atoms with Crippen LogP contribution in [-0.4, -0.2) is 44.1 Å². The van der Waals surface area contributed by atoms with Gasteiger partial charge < -0.3 is 5.11 Å². The average Bonchev–Trinajstić information content (AvgIpc) is 2.24. The predicted molar refractivity (Wildman–Crippen MR) is 65.4 cm³/mol. The molecule has 0 aromatic carbocycles. The lowest BCUT2D eigenvalue weighted by Crippen LogP contribution is -2.41. The van der Waals surface area contributed by atoms with E-state index in [0.29, 0.717) is 32.5 Å². The zero-order valence-electron chi connectivity index (χ0n) is 10.3. The summed E-state index contributed by atoms with van der Waals surface area (Å²) in [4.78, 5) is 0. The Balaban J connectivity index is 4.13. The molecule has 6 heteroatoms. The average molecular weight is 252 g/mol. The first-order valence-corrected chi connectivity index (χ1v) is 7.38. The number of hydrogen-bond donors (Lipinski definition) is 2. The summed E-state index contributed by atoms with van der Waals surface area (Å²) in [6, 6.07) is 0. The molecule has 0 amide bonds. The monoisotopic (exact) mass is 252 g/mol. The number of unbranched alkanes of at least 4 members (excludes halogenated alkanes) is 1. The molecule has 0 aliphatic heterocycles. The minimum Gasteiger partial charge on any atom is -0.396 e. The fraction of sp³-hybridized carbons (Fsp3) is 1.00. The van der Waals surface area contributed by atoms with Gasteiger partial charge in [-0.2, -0.15) is 12.7 Å². The zero-order valence-corrected chi connectivity index (χ0v) is 11.1. The van der Waals surface area contributed by atoms with Gasteiger partial charge in [-0.15, -0.1) is 0 Å². The van der Waals surface area contributed by atoms with Crippen molar-refractivity contribution in [2.45, 2.75) is 39.5 Å². The van der Waals surface area contributed by atoms with Crippen LogP contribution < -0.4 is 4.72 Å². The summed E-state index contributed by atoms with van der Waals surface area (Å²) >= 11 is 0. The van der Waals surface area contributed by atoms with Crippen molar-refractivity contribution in [3.63, 3.8) is 0 Å². The molecule has 0 bridgehead atoms. The number of hydrogen-bond acceptors (Lipinski definition) is 3. The lowest BCUT2D eigenvalue weighted by atomic mass is 10.3. The van der Waals surface area contributed by atoms with E-state index < -0.39 is 10.2 Å². The van der Waals surface area contributed by atoms with Crippen LogP contribution in [0.2, 0.25) is 0 Å². The quantitative estimate of drug-likeness (QED) is 0.563. The fourth-order valence-electron chi connectivity index (χ4n) is 1.38. The maximum atomic E-state index is 11.8. The number of nitrogens with zero attached hydrogens (tertiary/aromatic N) is 1. The SMILES string of the molecule is CCCN(CCC)S(=O)(=O)NCCCCO. The van der Waals surface area contributed by atoms with E-state index in [9.17, 15) is 8.42 Å². The topological polar surface area (TPSA) is 69.6 Å². The molecule has 0 unspecified atom stereocenters. The first kappa shape index (κ1) is 15.8. The van der Waals surface area contributed by atoms with E-state index in [1.54, 1.807) is 0 Å². The third-order valence-electron chi connectivity index (χ3n) is 2.16. The van der Waals surface area contributed by atoms with Gasteiger partial charge in [-0.25, -0.2) is 4.72 Å². The Morgan fingerprint density at radius 2 is 1.69 bits per heavy atom. The van der Waals surface area contributed by atoms with Crippen LogP contribution in [0.3, 0.4) is 0 Å². The van der Waals surface area contributed by atoms with Crippen LogP contribution in [0.5, 0.6) is 0 Å². The van der Waals surface area contributed by atoms with Crippen molar-refractivity contribution in [1.29, 1.82) is 0 Å². The molecule has 0 spiro atoms. The fourth-order valence-corrected chi connectivity index (χ4v) is 2.81. The number of nitrogens with one attached hydrogen (secondary N) is 1. The lowest BCUT2D eigenvalue weighted by Gasteiger charge is -2.21. The van der Waals surface area contributed by atoms with E-state index in [-0.39, 0.29) is 6.61 Å². The van der Waals surface area contributed by atoms with Crippen LogP contribution >= 0.6 is 0 Å². The summed E-state index contributed by atoms with van der Waals surface area (Å²) < 4.78 is 27.7. The van der Waals surface area contributed by atoms with Gasteiger partial charge in [-0.05, 0) is 25.7 Å². The van der Waals surface area contributed by atoms with Crippen molar-refractivity contribution in [3.05, 3.63) is 0 Å². The van der Waals surface area contributed by atoms with E-state index in [1.165, 1.54) is 4.31 Å². The standard InChI is InChI=1S/C10H24N2O3S/c1-3-8-12(9-4-2)16(14,15)11-7-5-6-10-13/h11,13H,3-10H2,1-2H3. The first-order chi connectivity index (χ1) is 7.58. The van der Waals surface area contributed by atoms with Gasteiger partial charge in [0.05, 0.1) is 0 Å². The molecule has 0 rings (SSSR count). The molecule has 16 heavy (non-hydrogen) atoms. The van der Waals surface area contributed by atoms with Crippen LogP contribution in [0.4, 0.5) is 0 Å². The molecule has 0 saturated carbocycles. The van der Waals surface area contributed by atoms with E-state index in [2.05, 4.69) is 4.72 Å². The van der Waals surface area contributed by atoms with E-state index >= 15 is 0 Å². The van der Waals surface area contributed by atoms with Gasteiger partial charge in [-0.1, -0.05) is 13.8 Å². The summed E-state index contributed by atoms with van der Waals surface area (Å²) in [5.41, 5.74) is 0. The maximum absolute atomic E-state index is 11.8. The molecular weight excluding hydrogens is 228 g/mol. The molecule has 0 aromatic heterocycles. The predicted octanol–water partition coefficient (Wildman–Crippen LogP) is 0.715. The Morgan fingerprint density at radius 1 is 1.12 bits per heavy atom. The summed E-state index contributed by atoms with van der Waals surface area (Å²) in [5, 5.41) is 8.59. The zero-order chi connectivity index (χ0) is 12.4. The van der Waals surface area contributed by atoms with Crippen LogP contribution in [0, 0.1) is 0 Å². The molecule has 5 nitrogen and oxygen atoms in total. The van der Waals surface area contributed by atoms with E-state index in [0.717, 1.165) is 12.8 Å². The second-order valence-electron chi connectivity index (χ2n) is 3.73. The van der Waals surface area contributed by atoms with Gasteiger partial charge in [0.25, 0.3) is 10.2 Å². The normalized spacial score (nSPS) is 12.2. The maximum Gasteiger partial charge on any atom is 0.279 e. The van der Waals surface area contributed by atoms with E-state index in [1.807, 2.05) is 13.8 Å². The minimum atomic E-state index is -3.33. The van der Waals surface area contributed by atoms with Gasteiger partial charge >= 0.3 is 0 Å². The first-order valence-electron chi connectivity index (χ1n) is 5.94.